The van der Waals surface area contributed by atoms with Crippen LogP contribution < -0.4 is 0 Å². The standard InChI is InChI=1S/C16H25N3O5S2/c1-4-18(5-2)14(20)12-17-7-9-19(10-8-17)26(22,23)13-6-11-25-15(13)16(21)24-3/h6,11H,4-5,7-10,12H2,1-3H3. The van der Waals surface area contributed by atoms with Crippen LogP contribution >= 0.6 is 11.3 Å². The van der Waals surface area contributed by atoms with Crippen molar-refractivity contribution in [3.8, 4) is 0 Å². The lowest BCUT2D eigenvalue weighted by molar-refractivity contribution is -0.132. The smallest absolute Gasteiger partial charge is 0.349 e. The molecular weight excluding hydrogens is 378 g/mol. The van der Waals surface area contributed by atoms with E-state index in [0.717, 1.165) is 11.3 Å². The summed E-state index contributed by atoms with van der Waals surface area (Å²) in [5, 5.41) is 1.57. The van der Waals surface area contributed by atoms with Crippen LogP contribution in [0.25, 0.3) is 0 Å². The van der Waals surface area contributed by atoms with Gasteiger partial charge >= 0.3 is 5.97 Å². The first-order valence-electron chi connectivity index (χ1n) is 8.51. The summed E-state index contributed by atoms with van der Waals surface area (Å²) in [5.74, 6) is -0.598. The molecule has 8 nitrogen and oxygen atoms in total. The molecule has 1 aliphatic rings. The van der Waals surface area contributed by atoms with E-state index in [1.54, 1.807) is 10.3 Å². The summed E-state index contributed by atoms with van der Waals surface area (Å²) in [6.07, 6.45) is 0. The van der Waals surface area contributed by atoms with Crippen LogP contribution in [-0.4, -0.2) is 87.3 Å². The van der Waals surface area contributed by atoms with Gasteiger partial charge < -0.3 is 9.64 Å². The molecule has 2 rings (SSSR count). The van der Waals surface area contributed by atoms with Gasteiger partial charge in [0.05, 0.1) is 13.7 Å². The predicted octanol–water partition coefficient (Wildman–Crippen LogP) is 0.709. The fraction of sp³-hybridized carbons (Fsp3) is 0.625. The topological polar surface area (TPSA) is 87.2 Å². The van der Waals surface area contributed by atoms with Crippen LogP contribution in [0.3, 0.4) is 0 Å². The number of ether oxygens (including phenoxy) is 1. The summed E-state index contributed by atoms with van der Waals surface area (Å²) in [4.78, 5) is 27.8. The SMILES string of the molecule is CCN(CC)C(=O)CN1CCN(S(=O)(=O)c2ccsc2C(=O)OC)CC1. The molecule has 0 radical (unpaired) electrons. The van der Waals surface area contributed by atoms with E-state index in [1.807, 2.05) is 18.7 Å². The highest BCUT2D eigenvalue weighted by Gasteiger charge is 2.33. The molecule has 0 aliphatic carbocycles. The van der Waals surface area contributed by atoms with Gasteiger partial charge in [0.15, 0.2) is 0 Å². The summed E-state index contributed by atoms with van der Waals surface area (Å²) >= 11 is 1.05. The van der Waals surface area contributed by atoms with Gasteiger partial charge in [-0.2, -0.15) is 4.31 Å². The minimum atomic E-state index is -3.76. The van der Waals surface area contributed by atoms with E-state index in [0.29, 0.717) is 32.7 Å². The molecule has 1 aromatic rings. The molecule has 0 aromatic carbocycles. The second-order valence-electron chi connectivity index (χ2n) is 5.85. The zero-order valence-electron chi connectivity index (χ0n) is 15.3. The lowest BCUT2D eigenvalue weighted by Crippen LogP contribution is -2.51. The van der Waals surface area contributed by atoms with Crippen molar-refractivity contribution < 1.29 is 22.7 Å². The van der Waals surface area contributed by atoms with Gasteiger partial charge in [-0.25, -0.2) is 13.2 Å². The molecule has 26 heavy (non-hydrogen) atoms. The third kappa shape index (κ3) is 4.43. The number of rotatable bonds is 7. The normalized spacial score (nSPS) is 16.4. The molecule has 0 saturated carbocycles. The van der Waals surface area contributed by atoms with Crippen molar-refractivity contribution in [2.24, 2.45) is 0 Å². The molecule has 146 valence electrons. The highest BCUT2D eigenvalue weighted by Crippen LogP contribution is 2.26. The van der Waals surface area contributed by atoms with Crippen molar-refractivity contribution in [1.82, 2.24) is 14.1 Å². The zero-order valence-corrected chi connectivity index (χ0v) is 16.9. The summed E-state index contributed by atoms with van der Waals surface area (Å²) in [6, 6.07) is 1.43. The van der Waals surface area contributed by atoms with Crippen LogP contribution in [-0.2, 0) is 19.6 Å². The van der Waals surface area contributed by atoms with Crippen LogP contribution in [0, 0.1) is 0 Å². The molecule has 1 amide bonds. The number of hydrogen-bond donors (Lipinski definition) is 0. The number of amides is 1. The van der Waals surface area contributed by atoms with Crippen LogP contribution in [0.1, 0.15) is 23.5 Å². The van der Waals surface area contributed by atoms with Gasteiger partial charge in [-0.05, 0) is 25.3 Å². The second-order valence-corrected chi connectivity index (χ2v) is 8.67. The maximum absolute atomic E-state index is 12.9. The largest absolute Gasteiger partial charge is 0.465 e. The summed E-state index contributed by atoms with van der Waals surface area (Å²) in [6.45, 7) is 7.01. The van der Waals surface area contributed by atoms with Gasteiger partial charge in [-0.3, -0.25) is 9.69 Å². The minimum absolute atomic E-state index is 0.0120. The van der Waals surface area contributed by atoms with Crippen LogP contribution in [0.2, 0.25) is 0 Å². The number of thiophene rings is 1. The molecule has 10 heteroatoms. The Balaban J connectivity index is 2.02. The molecule has 1 fully saturated rings. The number of hydrogen-bond acceptors (Lipinski definition) is 7. The van der Waals surface area contributed by atoms with Gasteiger partial charge in [0, 0.05) is 39.3 Å². The van der Waals surface area contributed by atoms with Crippen molar-refractivity contribution in [3.63, 3.8) is 0 Å². The van der Waals surface area contributed by atoms with Gasteiger partial charge in [0.2, 0.25) is 15.9 Å². The number of sulfonamides is 1. The highest BCUT2D eigenvalue weighted by molar-refractivity contribution is 7.89. The fourth-order valence-corrected chi connectivity index (χ4v) is 5.61. The monoisotopic (exact) mass is 403 g/mol. The van der Waals surface area contributed by atoms with E-state index >= 15 is 0 Å². The Labute approximate surface area is 158 Å². The lowest BCUT2D eigenvalue weighted by Gasteiger charge is -2.34. The van der Waals surface area contributed by atoms with E-state index in [9.17, 15) is 18.0 Å². The Hall–Kier alpha value is -1.49. The molecule has 0 atom stereocenters. The first-order chi connectivity index (χ1) is 12.3. The minimum Gasteiger partial charge on any atom is -0.465 e. The molecule has 0 N–H and O–H groups in total. The second kappa shape index (κ2) is 8.94. The zero-order chi connectivity index (χ0) is 19.3. The van der Waals surface area contributed by atoms with Gasteiger partial charge in [-0.1, -0.05) is 0 Å². The van der Waals surface area contributed by atoms with E-state index < -0.39 is 16.0 Å². The maximum atomic E-state index is 12.9. The van der Waals surface area contributed by atoms with Crippen LogP contribution in [0.15, 0.2) is 16.3 Å². The Bertz CT molecular complexity index is 735. The van der Waals surface area contributed by atoms with E-state index in [1.165, 1.54) is 17.5 Å². The summed E-state index contributed by atoms with van der Waals surface area (Å²) in [7, 11) is -2.53. The third-order valence-corrected chi connectivity index (χ3v) is 7.39. The highest BCUT2D eigenvalue weighted by atomic mass is 32.2. The molecule has 1 aliphatic heterocycles. The number of piperazine rings is 1. The Kier molecular flexibility index (Phi) is 7.16. The van der Waals surface area contributed by atoms with Crippen LogP contribution in [0.4, 0.5) is 0 Å². The first-order valence-corrected chi connectivity index (χ1v) is 10.8. The Morgan fingerprint density at radius 3 is 2.35 bits per heavy atom. The van der Waals surface area contributed by atoms with Crippen LogP contribution in [0.5, 0.6) is 0 Å². The summed E-state index contributed by atoms with van der Waals surface area (Å²) < 4.78 is 31.7. The Morgan fingerprint density at radius 2 is 1.81 bits per heavy atom. The molecule has 1 aromatic heterocycles. The maximum Gasteiger partial charge on any atom is 0.349 e. The number of carbonyl (C=O) groups excluding carboxylic acids is 2. The van der Waals surface area contributed by atoms with E-state index in [4.69, 9.17) is 0 Å². The number of nitrogens with zero attached hydrogens (tertiary/aromatic N) is 3. The predicted molar refractivity (Wildman–Crippen MR) is 98.8 cm³/mol. The quantitative estimate of drug-likeness (QED) is 0.623. The van der Waals surface area contributed by atoms with Crippen molar-refractivity contribution >= 4 is 33.2 Å². The van der Waals surface area contributed by atoms with Gasteiger partial charge in [0.1, 0.15) is 9.77 Å². The molecule has 0 unspecified atom stereocenters. The molecule has 0 bridgehead atoms. The van der Waals surface area contributed by atoms with Crippen molar-refractivity contribution in [3.05, 3.63) is 16.3 Å². The molecular formula is C16H25N3O5S2. The van der Waals surface area contributed by atoms with Crippen molar-refractivity contribution in [1.29, 1.82) is 0 Å². The average molecular weight is 404 g/mol. The lowest BCUT2D eigenvalue weighted by atomic mass is 10.3. The fourth-order valence-electron chi connectivity index (χ4n) is 2.88. The Morgan fingerprint density at radius 1 is 1.19 bits per heavy atom. The van der Waals surface area contributed by atoms with Gasteiger partial charge in [0.25, 0.3) is 0 Å². The van der Waals surface area contributed by atoms with E-state index in [-0.39, 0.29) is 28.8 Å². The first kappa shape index (κ1) is 20.8. The number of methoxy groups -OCH3 is 1. The number of esters is 1. The molecule has 1 saturated heterocycles. The molecule has 0 spiro atoms. The average Bonchev–Trinajstić information content (AvgIpc) is 3.13. The third-order valence-electron chi connectivity index (χ3n) is 4.42. The number of carbonyl (C=O) groups is 2. The van der Waals surface area contributed by atoms with Crippen molar-refractivity contribution in [2.45, 2.75) is 18.7 Å². The van der Waals surface area contributed by atoms with E-state index in [2.05, 4.69) is 4.74 Å². The van der Waals surface area contributed by atoms with Crippen molar-refractivity contribution in [2.75, 3.05) is 52.9 Å². The van der Waals surface area contributed by atoms with Gasteiger partial charge in [-0.15, -0.1) is 11.3 Å². The molecule has 2 heterocycles. The summed E-state index contributed by atoms with van der Waals surface area (Å²) in [5.41, 5.74) is 0. The number of likely N-dealkylation sites (N-methyl/N-ethyl adjacent to an activating group) is 1.